The minimum atomic E-state index is -0.512. The number of ether oxygens (including phenoxy) is 1. The minimum absolute atomic E-state index is 0.158. The number of aromatic amines is 1. The third-order valence-corrected chi connectivity index (χ3v) is 3.94. The number of rotatable bonds is 7. The normalized spacial score (nSPS) is 10.7. The SMILES string of the molecule is CCOc1ccccc1CCNc1cc2nc[nH]c(=O)c2cc1[N+](=O)[O-]. The number of nitro benzene ring substituents is 1. The summed E-state index contributed by atoms with van der Waals surface area (Å²) in [5.41, 5.74) is 1.18. The number of aromatic nitrogens is 2. The van der Waals surface area contributed by atoms with Crippen molar-refractivity contribution in [3.05, 3.63) is 68.8 Å². The first-order chi connectivity index (χ1) is 12.6. The lowest BCUT2D eigenvalue weighted by Gasteiger charge is -2.11. The molecule has 3 aromatic rings. The highest BCUT2D eigenvalue weighted by Gasteiger charge is 2.17. The van der Waals surface area contributed by atoms with Gasteiger partial charge in [0.15, 0.2) is 0 Å². The van der Waals surface area contributed by atoms with Gasteiger partial charge >= 0.3 is 0 Å². The summed E-state index contributed by atoms with van der Waals surface area (Å²) in [6, 6.07) is 10.5. The second kappa shape index (κ2) is 7.64. The highest BCUT2D eigenvalue weighted by molar-refractivity contribution is 5.86. The van der Waals surface area contributed by atoms with Crippen LogP contribution in [0.15, 0.2) is 47.5 Å². The molecule has 0 aliphatic heterocycles. The number of hydrogen-bond acceptors (Lipinski definition) is 6. The molecule has 0 aliphatic carbocycles. The molecule has 0 aliphatic rings. The van der Waals surface area contributed by atoms with Crippen LogP contribution in [0.3, 0.4) is 0 Å². The van der Waals surface area contributed by atoms with E-state index in [1.807, 2.05) is 31.2 Å². The predicted octanol–water partition coefficient (Wildman–Crippen LogP) is 2.88. The number of para-hydroxylation sites is 1. The number of nitrogens with one attached hydrogen (secondary N) is 2. The number of nitrogens with zero attached hydrogens (tertiary/aromatic N) is 2. The van der Waals surface area contributed by atoms with Crippen molar-refractivity contribution >= 4 is 22.3 Å². The summed E-state index contributed by atoms with van der Waals surface area (Å²) in [6.45, 7) is 2.96. The largest absolute Gasteiger partial charge is 0.494 e. The zero-order chi connectivity index (χ0) is 18.5. The number of anilines is 1. The van der Waals surface area contributed by atoms with Crippen LogP contribution in [0.5, 0.6) is 5.75 Å². The molecule has 0 amide bonds. The summed E-state index contributed by atoms with van der Waals surface area (Å²) in [5, 5.41) is 14.6. The Morgan fingerprint density at radius 3 is 2.88 bits per heavy atom. The quantitative estimate of drug-likeness (QED) is 0.499. The average Bonchev–Trinajstić information content (AvgIpc) is 2.63. The third-order valence-electron chi connectivity index (χ3n) is 3.94. The van der Waals surface area contributed by atoms with Gasteiger partial charge in [-0.2, -0.15) is 0 Å². The van der Waals surface area contributed by atoms with E-state index < -0.39 is 10.5 Å². The lowest BCUT2D eigenvalue weighted by atomic mass is 10.1. The molecule has 134 valence electrons. The van der Waals surface area contributed by atoms with Crippen molar-refractivity contribution in [2.45, 2.75) is 13.3 Å². The number of hydrogen-bond donors (Lipinski definition) is 2. The highest BCUT2D eigenvalue weighted by atomic mass is 16.6. The Kier molecular flexibility index (Phi) is 5.12. The summed E-state index contributed by atoms with van der Waals surface area (Å²) in [5.74, 6) is 0.804. The molecule has 0 saturated heterocycles. The summed E-state index contributed by atoms with van der Waals surface area (Å²) in [7, 11) is 0. The van der Waals surface area contributed by atoms with Gasteiger partial charge in [-0.3, -0.25) is 14.9 Å². The fourth-order valence-corrected chi connectivity index (χ4v) is 2.73. The van der Waals surface area contributed by atoms with Crippen LogP contribution < -0.4 is 15.6 Å². The predicted molar refractivity (Wildman–Crippen MR) is 98.8 cm³/mol. The molecule has 2 N–H and O–H groups in total. The van der Waals surface area contributed by atoms with Crippen molar-refractivity contribution in [2.75, 3.05) is 18.5 Å². The molecule has 26 heavy (non-hydrogen) atoms. The Hall–Kier alpha value is -3.42. The van der Waals surface area contributed by atoms with Crippen molar-refractivity contribution in [2.24, 2.45) is 0 Å². The van der Waals surface area contributed by atoms with E-state index in [1.54, 1.807) is 0 Å². The van der Waals surface area contributed by atoms with Gasteiger partial charge < -0.3 is 15.0 Å². The van der Waals surface area contributed by atoms with Gasteiger partial charge in [0, 0.05) is 12.6 Å². The van der Waals surface area contributed by atoms with E-state index in [4.69, 9.17) is 4.74 Å². The van der Waals surface area contributed by atoms with Crippen LogP contribution in [0.2, 0.25) is 0 Å². The Bertz CT molecular complexity index is 1000. The van der Waals surface area contributed by atoms with Gasteiger partial charge in [-0.1, -0.05) is 18.2 Å². The summed E-state index contributed by atoms with van der Waals surface area (Å²) in [6.07, 6.45) is 1.91. The van der Waals surface area contributed by atoms with E-state index in [0.717, 1.165) is 11.3 Å². The molecule has 0 fully saturated rings. The molecule has 0 atom stereocenters. The molecule has 8 heteroatoms. The van der Waals surface area contributed by atoms with Gasteiger partial charge in [-0.05, 0) is 31.0 Å². The van der Waals surface area contributed by atoms with Gasteiger partial charge in [0.1, 0.15) is 11.4 Å². The van der Waals surface area contributed by atoms with E-state index in [9.17, 15) is 14.9 Å². The lowest BCUT2D eigenvalue weighted by Crippen LogP contribution is -2.10. The summed E-state index contributed by atoms with van der Waals surface area (Å²) in [4.78, 5) is 29.1. The molecule has 1 heterocycles. The molecule has 2 aromatic carbocycles. The van der Waals surface area contributed by atoms with Crippen LogP contribution in [-0.4, -0.2) is 28.0 Å². The molecule has 0 saturated carbocycles. The molecule has 3 rings (SSSR count). The Balaban J connectivity index is 1.84. The van der Waals surface area contributed by atoms with E-state index in [2.05, 4.69) is 15.3 Å². The Morgan fingerprint density at radius 1 is 1.31 bits per heavy atom. The number of nitro groups is 1. The second-order valence-corrected chi connectivity index (χ2v) is 5.59. The van der Waals surface area contributed by atoms with E-state index in [1.165, 1.54) is 18.5 Å². The van der Waals surface area contributed by atoms with E-state index in [0.29, 0.717) is 30.8 Å². The zero-order valence-electron chi connectivity index (χ0n) is 14.2. The van der Waals surface area contributed by atoms with Crippen LogP contribution in [0, 0.1) is 10.1 Å². The number of fused-ring (bicyclic) bond motifs is 1. The Morgan fingerprint density at radius 2 is 2.12 bits per heavy atom. The average molecular weight is 354 g/mol. The minimum Gasteiger partial charge on any atom is -0.494 e. The van der Waals surface area contributed by atoms with Crippen LogP contribution >= 0.6 is 0 Å². The van der Waals surface area contributed by atoms with Crippen LogP contribution in [0.4, 0.5) is 11.4 Å². The molecule has 0 spiro atoms. The molecule has 1 aromatic heterocycles. The van der Waals surface area contributed by atoms with Crippen LogP contribution in [-0.2, 0) is 6.42 Å². The number of H-pyrrole nitrogens is 1. The van der Waals surface area contributed by atoms with Gasteiger partial charge in [0.05, 0.1) is 28.8 Å². The second-order valence-electron chi connectivity index (χ2n) is 5.59. The Labute approximate surface area is 149 Å². The van der Waals surface area contributed by atoms with E-state index >= 15 is 0 Å². The zero-order valence-corrected chi connectivity index (χ0v) is 14.2. The monoisotopic (exact) mass is 354 g/mol. The first-order valence-corrected chi connectivity index (χ1v) is 8.20. The molecular formula is C18H18N4O4. The van der Waals surface area contributed by atoms with Crippen LogP contribution in [0.1, 0.15) is 12.5 Å². The molecule has 0 radical (unpaired) electrons. The molecule has 8 nitrogen and oxygen atoms in total. The van der Waals surface area contributed by atoms with Crippen molar-refractivity contribution < 1.29 is 9.66 Å². The van der Waals surface area contributed by atoms with Gasteiger partial charge in [-0.15, -0.1) is 0 Å². The first-order valence-electron chi connectivity index (χ1n) is 8.20. The smallest absolute Gasteiger partial charge is 0.293 e. The summed E-state index contributed by atoms with van der Waals surface area (Å²) < 4.78 is 5.59. The fourth-order valence-electron chi connectivity index (χ4n) is 2.73. The highest BCUT2D eigenvalue weighted by Crippen LogP contribution is 2.28. The van der Waals surface area contributed by atoms with Crippen molar-refractivity contribution in [3.63, 3.8) is 0 Å². The van der Waals surface area contributed by atoms with Crippen molar-refractivity contribution in [1.29, 1.82) is 0 Å². The third kappa shape index (κ3) is 3.64. The van der Waals surface area contributed by atoms with Crippen molar-refractivity contribution in [1.82, 2.24) is 9.97 Å². The van der Waals surface area contributed by atoms with E-state index in [-0.39, 0.29) is 11.1 Å². The van der Waals surface area contributed by atoms with Gasteiger partial charge in [0.2, 0.25) is 0 Å². The lowest BCUT2D eigenvalue weighted by molar-refractivity contribution is -0.383. The summed E-state index contributed by atoms with van der Waals surface area (Å²) >= 11 is 0. The van der Waals surface area contributed by atoms with Gasteiger partial charge in [-0.25, -0.2) is 4.98 Å². The topological polar surface area (TPSA) is 110 Å². The maximum atomic E-state index is 11.8. The molecule has 0 unspecified atom stereocenters. The maximum Gasteiger partial charge on any atom is 0.293 e. The number of benzene rings is 2. The first kappa shape index (κ1) is 17.4. The molecular weight excluding hydrogens is 336 g/mol. The molecule has 0 bridgehead atoms. The fraction of sp³-hybridized carbons (Fsp3) is 0.222. The standard InChI is InChI=1S/C18H18N4O4/c1-2-26-17-6-4-3-5-12(17)7-8-19-15-10-14-13(9-16(15)22(24)25)18(23)21-11-20-14/h3-6,9-11,19H,2,7-8H2,1H3,(H,20,21,23). The van der Waals surface area contributed by atoms with Crippen LogP contribution in [0.25, 0.3) is 10.9 Å². The van der Waals surface area contributed by atoms with Crippen molar-refractivity contribution in [3.8, 4) is 5.75 Å². The van der Waals surface area contributed by atoms with Gasteiger partial charge in [0.25, 0.3) is 11.2 Å². The maximum absolute atomic E-state index is 11.8.